The summed E-state index contributed by atoms with van der Waals surface area (Å²) in [5, 5.41) is 0. The Labute approximate surface area is 243 Å². The highest BCUT2D eigenvalue weighted by Gasteiger charge is 2.31. The molecule has 2 aromatic carbocycles. The van der Waals surface area contributed by atoms with E-state index in [1.807, 2.05) is 69.0 Å². The lowest BCUT2D eigenvalue weighted by atomic mass is 9.91. The molecule has 0 radical (unpaired) electrons. The van der Waals surface area contributed by atoms with Crippen LogP contribution in [0.25, 0.3) is 0 Å². The summed E-state index contributed by atoms with van der Waals surface area (Å²) in [6, 6.07) is 30.9. The van der Waals surface area contributed by atoms with E-state index in [9.17, 15) is 0 Å². The van der Waals surface area contributed by atoms with Gasteiger partial charge < -0.3 is 14.5 Å². The molecule has 206 valence electrons. The maximum Gasteiger partial charge on any atom is 0.132 e. The quantitative estimate of drug-likeness (QED) is 0.191. The van der Waals surface area contributed by atoms with E-state index in [-0.39, 0.29) is 0 Å². The summed E-state index contributed by atoms with van der Waals surface area (Å²) in [6.45, 7) is 4.68. The van der Waals surface area contributed by atoms with Crippen LogP contribution in [0.3, 0.4) is 0 Å². The Hall–Kier alpha value is -2.90. The molecule has 0 spiro atoms. The molecule has 5 nitrogen and oxygen atoms in total. The smallest absolute Gasteiger partial charge is 0.132 e. The van der Waals surface area contributed by atoms with E-state index < -0.39 is 5.60 Å². The summed E-state index contributed by atoms with van der Waals surface area (Å²) in [4.78, 5) is 13.3. The number of aromatic nitrogens is 2. The molecule has 0 aliphatic heterocycles. The number of halogens is 1. The third-order valence-corrected chi connectivity index (χ3v) is 7.12. The molecule has 0 saturated heterocycles. The Morgan fingerprint density at radius 3 is 1.92 bits per heavy atom. The predicted molar refractivity (Wildman–Crippen MR) is 165 cm³/mol. The number of benzene rings is 2. The molecule has 0 fully saturated rings. The number of ether oxygens (including phenoxy) is 1. The molecule has 2 atom stereocenters. The van der Waals surface area contributed by atoms with Crippen LogP contribution in [0.1, 0.15) is 41.8 Å². The molecule has 0 bridgehead atoms. The molecule has 39 heavy (non-hydrogen) atoms. The van der Waals surface area contributed by atoms with Gasteiger partial charge in [-0.1, -0.05) is 70.5 Å². The van der Waals surface area contributed by atoms with Crippen molar-refractivity contribution < 1.29 is 4.74 Å². The lowest BCUT2D eigenvalue weighted by molar-refractivity contribution is -0.0131. The number of likely N-dealkylation sites (N-methyl/N-ethyl adjacent to an activating group) is 1. The van der Waals surface area contributed by atoms with E-state index in [2.05, 4.69) is 105 Å². The zero-order valence-electron chi connectivity index (χ0n) is 23.8. The van der Waals surface area contributed by atoms with Crippen LogP contribution in [-0.2, 0) is 10.3 Å². The zero-order valence-corrected chi connectivity index (χ0v) is 25.4. The molecule has 2 aromatic heterocycles. The highest BCUT2D eigenvalue weighted by atomic mass is 79.9. The van der Waals surface area contributed by atoms with Crippen molar-refractivity contribution in [1.29, 1.82) is 0 Å². The Morgan fingerprint density at radius 1 is 0.744 bits per heavy atom. The van der Waals surface area contributed by atoms with Crippen molar-refractivity contribution >= 4 is 15.9 Å². The minimum atomic E-state index is -0.515. The van der Waals surface area contributed by atoms with Gasteiger partial charge in [0.05, 0.1) is 12.3 Å². The third-order valence-electron chi connectivity index (χ3n) is 6.59. The molecule has 6 heteroatoms. The molecule has 4 aromatic rings. The summed E-state index contributed by atoms with van der Waals surface area (Å²) < 4.78 is 7.32. The van der Waals surface area contributed by atoms with Crippen LogP contribution in [0, 0.1) is 0 Å². The van der Waals surface area contributed by atoms with Gasteiger partial charge in [0.25, 0.3) is 0 Å². The number of hydrogen-bond acceptors (Lipinski definition) is 5. The van der Waals surface area contributed by atoms with Crippen LogP contribution in [0.15, 0.2) is 108 Å². The molecule has 0 N–H and O–H groups in total. The Balaban J connectivity index is 0.000000216. The molecule has 0 aliphatic carbocycles. The lowest BCUT2D eigenvalue weighted by Gasteiger charge is -2.30. The Bertz CT molecular complexity index is 1160. The maximum atomic E-state index is 6.21. The van der Waals surface area contributed by atoms with Crippen molar-refractivity contribution in [1.82, 2.24) is 19.8 Å². The molecule has 0 amide bonds. The summed E-state index contributed by atoms with van der Waals surface area (Å²) in [6.07, 6.45) is 4.76. The van der Waals surface area contributed by atoms with Crippen molar-refractivity contribution in [3.8, 4) is 0 Å². The first-order valence-corrected chi connectivity index (χ1v) is 14.2. The topological polar surface area (TPSA) is 41.5 Å². The fourth-order valence-corrected chi connectivity index (χ4v) is 4.55. The summed E-state index contributed by atoms with van der Waals surface area (Å²) >= 11 is 3.49. The van der Waals surface area contributed by atoms with Crippen molar-refractivity contribution in [2.24, 2.45) is 0 Å². The van der Waals surface area contributed by atoms with Crippen molar-refractivity contribution in [3.05, 3.63) is 130 Å². The third kappa shape index (κ3) is 9.66. The van der Waals surface area contributed by atoms with Gasteiger partial charge in [-0.2, -0.15) is 0 Å². The van der Waals surface area contributed by atoms with Gasteiger partial charge >= 0.3 is 0 Å². The number of rotatable bonds is 11. The summed E-state index contributed by atoms with van der Waals surface area (Å²) in [5.41, 5.74) is 4.01. The predicted octanol–water partition coefficient (Wildman–Crippen LogP) is 6.85. The molecule has 0 aliphatic rings. The van der Waals surface area contributed by atoms with Crippen molar-refractivity contribution in [3.63, 3.8) is 0 Å². The molecule has 2 heterocycles. The standard InChI is InChI=1S/C17H22N2O.C16H19BrN2/c1-17(20-14-13-19(2)3,15-9-5-4-6-10-15)16-11-7-8-12-18-16;1-19(2)12-10-15(16-5-3-4-11-18-16)13-6-8-14(17)9-7-13/h4-12H,13-14H2,1-3H3;3-9,11,15H,10,12H2,1-2H3. The molecule has 2 unspecified atom stereocenters. The van der Waals surface area contributed by atoms with Crippen LogP contribution in [0.2, 0.25) is 0 Å². The van der Waals surface area contributed by atoms with E-state index >= 15 is 0 Å². The monoisotopic (exact) mass is 588 g/mol. The zero-order chi connectivity index (χ0) is 28.1. The lowest BCUT2D eigenvalue weighted by Crippen LogP contribution is -2.32. The average Bonchev–Trinajstić information content (AvgIpc) is 2.95. The van der Waals surface area contributed by atoms with Crippen molar-refractivity contribution in [2.45, 2.75) is 24.9 Å². The fraction of sp³-hybridized carbons (Fsp3) is 0.333. The van der Waals surface area contributed by atoms with E-state index in [1.54, 1.807) is 0 Å². The minimum absolute atomic E-state index is 0.358. The van der Waals surface area contributed by atoms with Crippen LogP contribution >= 0.6 is 15.9 Å². The number of pyridine rings is 2. The van der Waals surface area contributed by atoms with E-state index in [0.717, 1.165) is 40.9 Å². The van der Waals surface area contributed by atoms with Crippen molar-refractivity contribution in [2.75, 3.05) is 47.9 Å². The first kappa shape index (κ1) is 30.6. The van der Waals surface area contributed by atoms with Gasteiger partial charge in [-0.3, -0.25) is 9.97 Å². The highest BCUT2D eigenvalue weighted by Crippen LogP contribution is 2.32. The summed E-state index contributed by atoms with van der Waals surface area (Å²) in [7, 11) is 8.31. The molecule has 0 saturated carbocycles. The normalized spacial score (nSPS) is 13.4. The van der Waals surface area contributed by atoms with Gasteiger partial charge in [0, 0.05) is 35.0 Å². The molecular weight excluding hydrogens is 548 g/mol. The Morgan fingerprint density at radius 2 is 1.36 bits per heavy atom. The first-order valence-electron chi connectivity index (χ1n) is 13.4. The highest BCUT2D eigenvalue weighted by molar-refractivity contribution is 9.10. The van der Waals surface area contributed by atoms with E-state index in [4.69, 9.17) is 4.74 Å². The largest absolute Gasteiger partial charge is 0.363 e. The number of nitrogens with zero attached hydrogens (tertiary/aromatic N) is 4. The van der Waals surface area contributed by atoms with Gasteiger partial charge in [-0.05, 0) is 95.6 Å². The first-order chi connectivity index (χ1) is 18.8. The maximum absolute atomic E-state index is 6.21. The van der Waals surface area contributed by atoms with Crippen LogP contribution in [0.5, 0.6) is 0 Å². The Kier molecular flexibility index (Phi) is 12.3. The van der Waals surface area contributed by atoms with Gasteiger partial charge in [0.2, 0.25) is 0 Å². The number of hydrogen-bond donors (Lipinski definition) is 0. The second-order valence-corrected chi connectivity index (χ2v) is 11.1. The van der Waals surface area contributed by atoms with E-state index in [0.29, 0.717) is 12.5 Å². The molecule has 4 rings (SSSR count). The van der Waals surface area contributed by atoms with Crippen LogP contribution in [0.4, 0.5) is 0 Å². The van der Waals surface area contributed by atoms with E-state index in [1.165, 1.54) is 5.56 Å². The summed E-state index contributed by atoms with van der Waals surface area (Å²) in [5.74, 6) is 0.358. The second-order valence-electron chi connectivity index (χ2n) is 10.2. The van der Waals surface area contributed by atoms with Crippen LogP contribution < -0.4 is 0 Å². The fourth-order valence-electron chi connectivity index (χ4n) is 4.29. The minimum Gasteiger partial charge on any atom is -0.363 e. The van der Waals surface area contributed by atoms with Gasteiger partial charge in [-0.25, -0.2) is 0 Å². The molecular formula is C33H41BrN4O. The second kappa shape index (κ2) is 15.6. The SMILES string of the molecule is CN(C)CCC(c1ccc(Br)cc1)c1ccccn1.CN(C)CCOC(C)(c1ccccc1)c1ccccn1. The average molecular weight is 590 g/mol. The van der Waals surface area contributed by atoms with Gasteiger partial charge in [0.1, 0.15) is 5.60 Å². The van der Waals surface area contributed by atoms with Gasteiger partial charge in [0.15, 0.2) is 0 Å². The van der Waals surface area contributed by atoms with Gasteiger partial charge in [-0.15, -0.1) is 0 Å². The van der Waals surface area contributed by atoms with Crippen LogP contribution in [-0.4, -0.2) is 67.7 Å².